The van der Waals surface area contributed by atoms with Gasteiger partial charge in [0.05, 0.1) is 6.07 Å². The Kier molecular flexibility index (Phi) is 6.51. The Morgan fingerprint density at radius 2 is 1.95 bits per heavy atom. The quantitative estimate of drug-likeness (QED) is 0.777. The summed E-state index contributed by atoms with van der Waals surface area (Å²) in [7, 11) is 2.29. The number of hydrogen-bond acceptors (Lipinski definition) is 3. The van der Waals surface area contributed by atoms with E-state index >= 15 is 0 Å². The molecular formula is C18H33N3. The van der Waals surface area contributed by atoms with Crippen molar-refractivity contribution in [3.05, 3.63) is 0 Å². The first-order valence-electron chi connectivity index (χ1n) is 9.08. The predicted octanol–water partition coefficient (Wildman–Crippen LogP) is 3.70. The number of nitrogens with zero attached hydrogens (tertiary/aromatic N) is 2. The molecule has 2 aliphatic carbocycles. The highest BCUT2D eigenvalue weighted by Crippen LogP contribution is 2.38. The van der Waals surface area contributed by atoms with Crippen molar-refractivity contribution in [3.8, 4) is 6.07 Å². The van der Waals surface area contributed by atoms with Crippen molar-refractivity contribution in [2.75, 3.05) is 20.1 Å². The predicted molar refractivity (Wildman–Crippen MR) is 88.1 cm³/mol. The normalized spacial score (nSPS) is 30.7. The highest BCUT2D eigenvalue weighted by atomic mass is 15.1. The second-order valence-corrected chi connectivity index (χ2v) is 7.16. The molecule has 2 unspecified atom stereocenters. The second-order valence-electron chi connectivity index (χ2n) is 7.16. The maximum Gasteiger partial charge on any atom is 0.109 e. The lowest BCUT2D eigenvalue weighted by Gasteiger charge is -2.34. The van der Waals surface area contributed by atoms with Crippen LogP contribution in [0.25, 0.3) is 0 Å². The summed E-state index contributed by atoms with van der Waals surface area (Å²) in [5, 5.41) is 13.3. The number of hydrogen-bond donors (Lipinski definition) is 1. The summed E-state index contributed by atoms with van der Waals surface area (Å²) >= 11 is 0. The molecular weight excluding hydrogens is 258 g/mol. The zero-order valence-corrected chi connectivity index (χ0v) is 14.0. The molecule has 0 heterocycles. The second kappa shape index (κ2) is 8.15. The van der Waals surface area contributed by atoms with E-state index in [1.807, 2.05) is 0 Å². The van der Waals surface area contributed by atoms with E-state index in [9.17, 15) is 5.26 Å². The van der Waals surface area contributed by atoms with Crippen molar-refractivity contribution < 1.29 is 0 Å². The molecule has 0 aliphatic heterocycles. The van der Waals surface area contributed by atoms with E-state index in [0.717, 1.165) is 32.0 Å². The molecule has 1 N–H and O–H groups in total. The van der Waals surface area contributed by atoms with Gasteiger partial charge in [-0.1, -0.05) is 32.6 Å². The molecule has 2 atom stereocenters. The van der Waals surface area contributed by atoms with Crippen LogP contribution >= 0.6 is 0 Å². The Balaban J connectivity index is 1.84. The third kappa shape index (κ3) is 4.20. The van der Waals surface area contributed by atoms with E-state index in [2.05, 4.69) is 30.3 Å². The van der Waals surface area contributed by atoms with Crippen LogP contribution in [0.2, 0.25) is 0 Å². The van der Waals surface area contributed by atoms with Crippen molar-refractivity contribution >= 4 is 0 Å². The number of nitrogens with one attached hydrogen (secondary N) is 1. The summed E-state index contributed by atoms with van der Waals surface area (Å²) in [5.74, 6) is 0.542. The lowest BCUT2D eigenvalue weighted by molar-refractivity contribution is 0.170. The van der Waals surface area contributed by atoms with E-state index in [1.54, 1.807) is 0 Å². The Hall–Kier alpha value is -0.590. The van der Waals surface area contributed by atoms with Gasteiger partial charge in [0.25, 0.3) is 0 Å². The molecule has 0 aromatic carbocycles. The van der Waals surface area contributed by atoms with Gasteiger partial charge in [0.1, 0.15) is 5.54 Å². The van der Waals surface area contributed by atoms with Gasteiger partial charge in [0.15, 0.2) is 0 Å². The minimum Gasteiger partial charge on any atom is -0.303 e. The molecule has 21 heavy (non-hydrogen) atoms. The van der Waals surface area contributed by atoms with Gasteiger partial charge in [0, 0.05) is 6.04 Å². The molecule has 0 bridgehead atoms. The molecule has 0 spiro atoms. The topological polar surface area (TPSA) is 39.1 Å². The van der Waals surface area contributed by atoms with Gasteiger partial charge in [-0.25, -0.2) is 0 Å². The highest BCUT2D eigenvalue weighted by molar-refractivity contribution is 5.14. The standard InChI is InChI=1S/C18H33N3/c1-3-13-20-18(15-19)12-7-8-16(18)11-14-21(2)17-9-5-4-6-10-17/h16-17,20H,3-14H2,1-2H3. The Bertz CT molecular complexity index is 343. The fourth-order valence-corrected chi connectivity index (χ4v) is 4.30. The highest BCUT2D eigenvalue weighted by Gasteiger charge is 2.42. The fourth-order valence-electron chi connectivity index (χ4n) is 4.30. The van der Waals surface area contributed by atoms with Crippen LogP contribution < -0.4 is 5.32 Å². The van der Waals surface area contributed by atoms with E-state index in [4.69, 9.17) is 0 Å². The van der Waals surface area contributed by atoms with Crippen LogP contribution in [0.4, 0.5) is 0 Å². The van der Waals surface area contributed by atoms with Gasteiger partial charge in [-0.15, -0.1) is 0 Å². The zero-order valence-electron chi connectivity index (χ0n) is 14.0. The molecule has 0 amide bonds. The Morgan fingerprint density at radius 1 is 1.19 bits per heavy atom. The van der Waals surface area contributed by atoms with Crippen molar-refractivity contribution in [2.24, 2.45) is 5.92 Å². The SMILES string of the molecule is CCCNC1(C#N)CCCC1CCN(C)C1CCCCC1. The first-order valence-corrected chi connectivity index (χ1v) is 9.08. The van der Waals surface area contributed by atoms with Crippen molar-refractivity contribution in [1.29, 1.82) is 5.26 Å². The summed E-state index contributed by atoms with van der Waals surface area (Å²) in [4.78, 5) is 2.57. The first-order chi connectivity index (χ1) is 10.2. The molecule has 0 aromatic rings. The maximum atomic E-state index is 9.70. The van der Waals surface area contributed by atoms with Gasteiger partial charge in [-0.3, -0.25) is 5.32 Å². The van der Waals surface area contributed by atoms with Crippen LogP contribution in [0.1, 0.15) is 71.1 Å². The van der Waals surface area contributed by atoms with Crippen LogP contribution in [0.5, 0.6) is 0 Å². The fraction of sp³-hybridized carbons (Fsp3) is 0.944. The van der Waals surface area contributed by atoms with E-state index < -0.39 is 0 Å². The minimum absolute atomic E-state index is 0.233. The molecule has 2 saturated carbocycles. The van der Waals surface area contributed by atoms with Gasteiger partial charge in [-0.05, 0) is 64.6 Å². The summed E-state index contributed by atoms with van der Waals surface area (Å²) < 4.78 is 0. The lowest BCUT2D eigenvalue weighted by Crippen LogP contribution is -2.48. The minimum atomic E-state index is -0.233. The molecule has 2 rings (SSSR count). The molecule has 0 aromatic heterocycles. The van der Waals surface area contributed by atoms with Crippen LogP contribution in [0.3, 0.4) is 0 Å². The van der Waals surface area contributed by atoms with E-state index in [-0.39, 0.29) is 5.54 Å². The van der Waals surface area contributed by atoms with Gasteiger partial charge in [-0.2, -0.15) is 5.26 Å². The Labute approximate surface area is 131 Å². The molecule has 0 saturated heterocycles. The van der Waals surface area contributed by atoms with Crippen LogP contribution in [-0.2, 0) is 0 Å². The number of nitriles is 1. The van der Waals surface area contributed by atoms with Crippen LogP contribution in [0, 0.1) is 17.2 Å². The van der Waals surface area contributed by atoms with Gasteiger partial charge in [0.2, 0.25) is 0 Å². The third-order valence-electron chi connectivity index (χ3n) is 5.74. The summed E-state index contributed by atoms with van der Waals surface area (Å²) in [6.07, 6.45) is 12.7. The summed E-state index contributed by atoms with van der Waals surface area (Å²) in [6, 6.07) is 3.43. The number of rotatable bonds is 7. The molecule has 2 aliphatic rings. The van der Waals surface area contributed by atoms with Crippen molar-refractivity contribution in [1.82, 2.24) is 10.2 Å². The smallest absolute Gasteiger partial charge is 0.109 e. The average Bonchev–Trinajstić information content (AvgIpc) is 2.94. The molecule has 120 valence electrons. The monoisotopic (exact) mass is 291 g/mol. The van der Waals surface area contributed by atoms with E-state index in [1.165, 1.54) is 51.4 Å². The molecule has 3 nitrogen and oxygen atoms in total. The molecule has 2 fully saturated rings. The summed E-state index contributed by atoms with van der Waals surface area (Å²) in [6.45, 7) is 4.31. The van der Waals surface area contributed by atoms with Crippen LogP contribution in [0.15, 0.2) is 0 Å². The summed E-state index contributed by atoms with van der Waals surface area (Å²) in [5.41, 5.74) is -0.233. The van der Waals surface area contributed by atoms with Gasteiger partial charge < -0.3 is 4.90 Å². The largest absolute Gasteiger partial charge is 0.303 e. The van der Waals surface area contributed by atoms with Crippen molar-refractivity contribution in [3.63, 3.8) is 0 Å². The molecule has 3 heteroatoms. The third-order valence-corrected chi connectivity index (χ3v) is 5.74. The molecule has 0 radical (unpaired) electrons. The van der Waals surface area contributed by atoms with Gasteiger partial charge >= 0.3 is 0 Å². The first kappa shape index (κ1) is 16.8. The lowest BCUT2D eigenvalue weighted by atomic mass is 9.85. The van der Waals surface area contributed by atoms with Crippen molar-refractivity contribution in [2.45, 2.75) is 82.7 Å². The van der Waals surface area contributed by atoms with E-state index in [0.29, 0.717) is 5.92 Å². The maximum absolute atomic E-state index is 9.70. The van der Waals surface area contributed by atoms with Crippen LogP contribution in [-0.4, -0.2) is 36.6 Å². The average molecular weight is 291 g/mol. The zero-order chi connectivity index (χ0) is 15.1. The Morgan fingerprint density at radius 3 is 2.62 bits per heavy atom.